The largest absolute Gasteiger partial charge is 0.497 e. The second-order valence-electron chi connectivity index (χ2n) is 8.42. The lowest BCUT2D eigenvalue weighted by molar-refractivity contribution is -0.118. The molecular formula is C30H24ClN5O2S. The van der Waals surface area contributed by atoms with Crippen LogP contribution in [0.2, 0.25) is 5.02 Å². The van der Waals surface area contributed by atoms with Gasteiger partial charge in [-0.15, -0.1) is 10.2 Å². The number of rotatable bonds is 9. The summed E-state index contributed by atoms with van der Waals surface area (Å²) in [4.78, 5) is 12.6. The minimum absolute atomic E-state index is 0.110. The van der Waals surface area contributed by atoms with Gasteiger partial charge in [0.25, 0.3) is 5.91 Å². The number of amides is 1. The molecule has 39 heavy (non-hydrogen) atoms. The average Bonchev–Trinajstić information content (AvgIpc) is 3.41. The van der Waals surface area contributed by atoms with Gasteiger partial charge in [0.15, 0.2) is 11.0 Å². The minimum Gasteiger partial charge on any atom is -0.497 e. The van der Waals surface area contributed by atoms with E-state index in [2.05, 4.69) is 32.9 Å². The molecule has 7 nitrogen and oxygen atoms in total. The lowest BCUT2D eigenvalue weighted by Crippen LogP contribution is -2.20. The van der Waals surface area contributed by atoms with Gasteiger partial charge in [-0.1, -0.05) is 78.0 Å². The van der Waals surface area contributed by atoms with Gasteiger partial charge in [-0.25, -0.2) is 5.43 Å². The third-order valence-electron chi connectivity index (χ3n) is 5.82. The molecule has 1 N–H and O–H groups in total. The standard InChI is InChI=1S/C30H24ClN5O2S/c1-38-27-17-11-24(12-18-27)29-34-35-30(36(29)26-15-13-25(31)14-16-26)39-20-28(37)33-32-19-21-7-9-23(10-8-21)22-5-3-2-4-6-22/h2-19H,20H2,1H3,(H,33,37)/b32-19+. The van der Waals surface area contributed by atoms with Crippen molar-refractivity contribution in [2.45, 2.75) is 5.16 Å². The number of nitrogens with zero attached hydrogens (tertiary/aromatic N) is 4. The average molecular weight is 554 g/mol. The Morgan fingerprint density at radius 1 is 0.897 bits per heavy atom. The Labute approximate surface area is 235 Å². The third-order valence-corrected chi connectivity index (χ3v) is 7.00. The summed E-state index contributed by atoms with van der Waals surface area (Å²) in [6.07, 6.45) is 1.62. The second kappa shape index (κ2) is 12.4. The molecule has 0 atom stereocenters. The molecule has 0 aliphatic rings. The summed E-state index contributed by atoms with van der Waals surface area (Å²) in [5.74, 6) is 1.24. The predicted molar refractivity (Wildman–Crippen MR) is 157 cm³/mol. The van der Waals surface area contributed by atoms with Crippen molar-refractivity contribution in [3.8, 4) is 34.0 Å². The smallest absolute Gasteiger partial charge is 0.250 e. The predicted octanol–water partition coefficient (Wildman–Crippen LogP) is 6.51. The second-order valence-corrected chi connectivity index (χ2v) is 9.80. The molecule has 0 fully saturated rings. The topological polar surface area (TPSA) is 81.4 Å². The molecule has 1 heterocycles. The molecule has 0 saturated heterocycles. The van der Waals surface area contributed by atoms with Crippen molar-refractivity contribution in [1.82, 2.24) is 20.2 Å². The van der Waals surface area contributed by atoms with E-state index in [0.717, 1.165) is 33.7 Å². The van der Waals surface area contributed by atoms with Crippen molar-refractivity contribution in [1.29, 1.82) is 0 Å². The number of hydrazone groups is 1. The normalized spacial score (nSPS) is 11.0. The number of hydrogen-bond acceptors (Lipinski definition) is 6. The minimum atomic E-state index is -0.256. The summed E-state index contributed by atoms with van der Waals surface area (Å²) in [6, 6.07) is 33.0. The summed E-state index contributed by atoms with van der Waals surface area (Å²) in [7, 11) is 1.62. The molecule has 1 aromatic heterocycles. The zero-order valence-electron chi connectivity index (χ0n) is 21.0. The van der Waals surface area contributed by atoms with E-state index in [1.165, 1.54) is 11.8 Å². The van der Waals surface area contributed by atoms with E-state index >= 15 is 0 Å². The van der Waals surface area contributed by atoms with Gasteiger partial charge in [-0.2, -0.15) is 5.10 Å². The van der Waals surface area contributed by atoms with Gasteiger partial charge in [-0.3, -0.25) is 9.36 Å². The molecule has 0 saturated carbocycles. The van der Waals surface area contributed by atoms with Crippen molar-refractivity contribution < 1.29 is 9.53 Å². The van der Waals surface area contributed by atoms with Crippen LogP contribution >= 0.6 is 23.4 Å². The maximum atomic E-state index is 12.6. The molecule has 194 valence electrons. The van der Waals surface area contributed by atoms with E-state index in [-0.39, 0.29) is 11.7 Å². The molecule has 0 spiro atoms. The van der Waals surface area contributed by atoms with E-state index in [1.807, 2.05) is 83.4 Å². The summed E-state index contributed by atoms with van der Waals surface area (Å²) < 4.78 is 7.17. The van der Waals surface area contributed by atoms with Gasteiger partial charge in [0.2, 0.25) is 0 Å². The number of thioether (sulfide) groups is 1. The van der Waals surface area contributed by atoms with Crippen molar-refractivity contribution in [3.63, 3.8) is 0 Å². The Balaban J connectivity index is 1.26. The zero-order chi connectivity index (χ0) is 27.0. The maximum absolute atomic E-state index is 12.6. The van der Waals surface area contributed by atoms with E-state index in [0.29, 0.717) is 16.0 Å². The van der Waals surface area contributed by atoms with Crippen LogP contribution in [0.25, 0.3) is 28.2 Å². The first kappa shape index (κ1) is 26.2. The van der Waals surface area contributed by atoms with E-state index < -0.39 is 0 Å². The number of hydrogen-bond donors (Lipinski definition) is 1. The Morgan fingerprint density at radius 3 is 2.26 bits per heavy atom. The van der Waals surface area contributed by atoms with Gasteiger partial charge < -0.3 is 4.74 Å². The van der Waals surface area contributed by atoms with Crippen LogP contribution in [0.3, 0.4) is 0 Å². The summed E-state index contributed by atoms with van der Waals surface area (Å²) >= 11 is 7.38. The van der Waals surface area contributed by atoms with Crippen LogP contribution in [0.4, 0.5) is 0 Å². The molecule has 9 heteroatoms. The molecular weight excluding hydrogens is 530 g/mol. The monoisotopic (exact) mass is 553 g/mol. The lowest BCUT2D eigenvalue weighted by Gasteiger charge is -2.11. The third kappa shape index (κ3) is 6.54. The van der Waals surface area contributed by atoms with Crippen molar-refractivity contribution >= 4 is 35.5 Å². The summed E-state index contributed by atoms with van der Waals surface area (Å²) in [6.45, 7) is 0. The first-order chi connectivity index (χ1) is 19.1. The van der Waals surface area contributed by atoms with Crippen LogP contribution in [0.5, 0.6) is 5.75 Å². The zero-order valence-corrected chi connectivity index (χ0v) is 22.6. The number of carbonyl (C=O) groups is 1. The number of methoxy groups -OCH3 is 1. The Morgan fingerprint density at radius 2 is 1.56 bits per heavy atom. The fourth-order valence-electron chi connectivity index (χ4n) is 3.85. The van der Waals surface area contributed by atoms with Crippen LogP contribution < -0.4 is 10.2 Å². The highest BCUT2D eigenvalue weighted by atomic mass is 35.5. The maximum Gasteiger partial charge on any atom is 0.250 e. The number of aromatic nitrogens is 3. The number of benzene rings is 4. The van der Waals surface area contributed by atoms with E-state index in [1.54, 1.807) is 25.5 Å². The number of ether oxygens (including phenoxy) is 1. The highest BCUT2D eigenvalue weighted by molar-refractivity contribution is 7.99. The van der Waals surface area contributed by atoms with Gasteiger partial charge >= 0.3 is 0 Å². The van der Waals surface area contributed by atoms with Crippen LogP contribution in [-0.2, 0) is 4.79 Å². The molecule has 5 aromatic rings. The number of halogens is 1. The van der Waals surface area contributed by atoms with E-state index in [4.69, 9.17) is 16.3 Å². The van der Waals surface area contributed by atoms with Gasteiger partial charge in [0, 0.05) is 16.3 Å². The first-order valence-corrected chi connectivity index (χ1v) is 13.4. The molecule has 1 amide bonds. The van der Waals surface area contributed by atoms with Gasteiger partial charge in [0.05, 0.1) is 19.1 Å². The van der Waals surface area contributed by atoms with Crippen LogP contribution in [0, 0.1) is 0 Å². The van der Waals surface area contributed by atoms with Gasteiger partial charge in [-0.05, 0) is 65.2 Å². The summed E-state index contributed by atoms with van der Waals surface area (Å²) in [5.41, 5.74) is 7.42. The van der Waals surface area contributed by atoms with Crippen molar-refractivity contribution in [2.75, 3.05) is 12.9 Å². The van der Waals surface area contributed by atoms with Crippen molar-refractivity contribution in [2.24, 2.45) is 5.10 Å². The quantitative estimate of drug-likeness (QED) is 0.128. The van der Waals surface area contributed by atoms with Crippen LogP contribution in [0.1, 0.15) is 5.56 Å². The highest BCUT2D eigenvalue weighted by Crippen LogP contribution is 2.29. The Kier molecular flexibility index (Phi) is 8.36. The lowest BCUT2D eigenvalue weighted by atomic mass is 10.0. The molecule has 5 rings (SSSR count). The molecule has 0 aliphatic carbocycles. The number of carbonyl (C=O) groups excluding carboxylic acids is 1. The molecule has 0 bridgehead atoms. The Hall–Kier alpha value is -4.40. The molecule has 4 aromatic carbocycles. The molecule has 0 aliphatic heterocycles. The fourth-order valence-corrected chi connectivity index (χ4v) is 4.72. The van der Waals surface area contributed by atoms with Gasteiger partial charge in [0.1, 0.15) is 5.75 Å². The highest BCUT2D eigenvalue weighted by Gasteiger charge is 2.17. The van der Waals surface area contributed by atoms with E-state index in [9.17, 15) is 4.79 Å². The molecule has 0 unspecified atom stereocenters. The summed E-state index contributed by atoms with van der Waals surface area (Å²) in [5, 5.41) is 14.1. The van der Waals surface area contributed by atoms with Crippen LogP contribution in [-0.4, -0.2) is 39.7 Å². The SMILES string of the molecule is COc1ccc(-c2nnc(SCC(=O)N/N=C/c3ccc(-c4ccccc4)cc3)n2-c2ccc(Cl)cc2)cc1. The van der Waals surface area contributed by atoms with Crippen LogP contribution in [0.15, 0.2) is 113 Å². The molecule has 0 radical (unpaired) electrons. The first-order valence-electron chi connectivity index (χ1n) is 12.1. The Bertz CT molecular complexity index is 1570. The number of nitrogens with one attached hydrogen (secondary N) is 1. The fraction of sp³-hybridized carbons (Fsp3) is 0.0667. The van der Waals surface area contributed by atoms with Crippen molar-refractivity contribution in [3.05, 3.63) is 114 Å².